The summed E-state index contributed by atoms with van der Waals surface area (Å²) >= 11 is 5.89. The Morgan fingerprint density at radius 3 is 2.10 bits per heavy atom. The Kier molecular flexibility index (Phi) is 4.28. The van der Waals surface area contributed by atoms with E-state index in [1.54, 1.807) is 12.1 Å². The number of halogens is 1. The number of carboxylic acid groups (broad SMARTS) is 1. The number of carbonyl (C=O) groups is 1. The Hall–Kier alpha value is -2.34. The van der Waals surface area contributed by atoms with Crippen molar-refractivity contribution in [1.29, 1.82) is 0 Å². The second-order valence-electron chi connectivity index (χ2n) is 4.10. The highest BCUT2D eigenvalue weighted by Gasteiger charge is 2.18. The van der Waals surface area contributed by atoms with Crippen molar-refractivity contribution in [2.45, 2.75) is 0 Å². The molecule has 0 bridgehead atoms. The van der Waals surface area contributed by atoms with E-state index in [0.29, 0.717) is 28.0 Å². The maximum absolute atomic E-state index is 11.3. The first-order valence-corrected chi connectivity index (χ1v) is 6.31. The van der Waals surface area contributed by atoms with Crippen LogP contribution >= 0.6 is 11.6 Å². The molecule has 1 aromatic carbocycles. The molecule has 0 fully saturated rings. The molecular weight excluding hydrogens is 298 g/mol. The molecule has 0 radical (unpaired) electrons. The van der Waals surface area contributed by atoms with Crippen LogP contribution < -0.4 is 14.2 Å². The number of hydrogen-bond donors (Lipinski definition) is 1. The Labute approximate surface area is 126 Å². The minimum atomic E-state index is -1.09. The van der Waals surface area contributed by atoms with Gasteiger partial charge < -0.3 is 23.9 Å². The fraction of sp³-hybridized carbons (Fsp3) is 0.214. The highest BCUT2D eigenvalue weighted by Crippen LogP contribution is 2.39. The lowest BCUT2D eigenvalue weighted by Crippen LogP contribution is -2.06. The van der Waals surface area contributed by atoms with Gasteiger partial charge >= 0.3 is 5.97 Å². The monoisotopic (exact) mass is 311 g/mol. The number of rotatable bonds is 5. The lowest BCUT2D eigenvalue weighted by molar-refractivity contribution is 0.0688. The largest absolute Gasteiger partial charge is 0.493 e. The number of nitrogens with zero attached hydrogens (tertiary/aromatic N) is 1. The number of carboxylic acids is 1. The first kappa shape index (κ1) is 15.1. The van der Waals surface area contributed by atoms with Crippen LogP contribution in [0.15, 0.2) is 24.4 Å². The van der Waals surface area contributed by atoms with Gasteiger partial charge in [-0.05, 0) is 6.07 Å². The third-order valence-electron chi connectivity index (χ3n) is 2.93. The van der Waals surface area contributed by atoms with Crippen LogP contribution in [0, 0.1) is 0 Å². The predicted octanol–water partition coefficient (Wildman–Crippen LogP) is 2.85. The summed E-state index contributed by atoms with van der Waals surface area (Å²) in [6, 6.07) is 4.65. The van der Waals surface area contributed by atoms with Crippen LogP contribution in [0.4, 0.5) is 0 Å². The molecule has 0 amide bonds. The topological polar surface area (TPSA) is 69.9 Å². The third-order valence-corrected chi connectivity index (χ3v) is 3.14. The van der Waals surface area contributed by atoms with E-state index in [9.17, 15) is 9.90 Å². The van der Waals surface area contributed by atoms with Crippen LogP contribution in [-0.4, -0.2) is 37.0 Å². The minimum absolute atomic E-state index is 0.0364. The fourth-order valence-corrected chi connectivity index (χ4v) is 2.22. The summed E-state index contributed by atoms with van der Waals surface area (Å²) in [4.78, 5) is 11.3. The van der Waals surface area contributed by atoms with E-state index in [0.717, 1.165) is 0 Å². The molecule has 0 saturated heterocycles. The maximum Gasteiger partial charge on any atom is 0.352 e. The van der Waals surface area contributed by atoms with Crippen LogP contribution in [0.5, 0.6) is 17.2 Å². The van der Waals surface area contributed by atoms with Crippen molar-refractivity contribution in [3.8, 4) is 22.9 Å². The molecule has 1 N–H and O–H groups in total. The molecule has 0 unspecified atom stereocenters. The van der Waals surface area contributed by atoms with Gasteiger partial charge in [0.15, 0.2) is 11.5 Å². The van der Waals surface area contributed by atoms with Crippen molar-refractivity contribution in [3.63, 3.8) is 0 Å². The molecule has 21 heavy (non-hydrogen) atoms. The van der Waals surface area contributed by atoms with Crippen molar-refractivity contribution in [1.82, 2.24) is 4.57 Å². The summed E-state index contributed by atoms with van der Waals surface area (Å²) in [6.07, 6.45) is 1.51. The molecule has 2 rings (SSSR count). The molecule has 0 atom stereocenters. The molecular formula is C14H14ClNO5. The summed E-state index contributed by atoms with van der Waals surface area (Å²) < 4.78 is 17.2. The zero-order chi connectivity index (χ0) is 15.6. The average Bonchev–Trinajstić information content (AvgIpc) is 2.87. The zero-order valence-electron chi connectivity index (χ0n) is 11.7. The van der Waals surface area contributed by atoms with Crippen LogP contribution in [0.1, 0.15) is 10.5 Å². The van der Waals surface area contributed by atoms with Gasteiger partial charge in [-0.1, -0.05) is 11.6 Å². The Bertz CT molecular complexity index is 655. The molecule has 0 spiro atoms. The molecule has 0 aliphatic rings. The number of aromatic carboxylic acids is 1. The first-order valence-electron chi connectivity index (χ1n) is 5.93. The molecule has 7 heteroatoms. The van der Waals surface area contributed by atoms with Gasteiger partial charge in [0.25, 0.3) is 0 Å². The molecule has 0 aliphatic carbocycles. The molecule has 0 saturated carbocycles. The number of hydrogen-bond acceptors (Lipinski definition) is 4. The molecule has 1 heterocycles. The number of aromatic nitrogens is 1. The maximum atomic E-state index is 11.3. The molecule has 1 aromatic heterocycles. The molecule has 112 valence electrons. The summed E-state index contributed by atoms with van der Waals surface area (Å²) in [5.41, 5.74) is 0.572. The normalized spacial score (nSPS) is 10.3. The predicted molar refractivity (Wildman–Crippen MR) is 77.4 cm³/mol. The van der Waals surface area contributed by atoms with Gasteiger partial charge in [0.2, 0.25) is 5.75 Å². The van der Waals surface area contributed by atoms with Crippen LogP contribution in [0.2, 0.25) is 5.02 Å². The quantitative estimate of drug-likeness (QED) is 0.919. The highest BCUT2D eigenvalue weighted by atomic mass is 35.5. The van der Waals surface area contributed by atoms with Gasteiger partial charge in [-0.3, -0.25) is 0 Å². The average molecular weight is 312 g/mol. The van der Waals surface area contributed by atoms with Crippen molar-refractivity contribution >= 4 is 17.6 Å². The third kappa shape index (κ3) is 2.75. The highest BCUT2D eigenvalue weighted by molar-refractivity contribution is 6.31. The second-order valence-corrected chi connectivity index (χ2v) is 4.54. The minimum Gasteiger partial charge on any atom is -0.493 e. The van der Waals surface area contributed by atoms with E-state index in [1.165, 1.54) is 38.2 Å². The van der Waals surface area contributed by atoms with Crippen LogP contribution in [0.25, 0.3) is 5.69 Å². The lowest BCUT2D eigenvalue weighted by atomic mass is 10.2. The fourth-order valence-electron chi connectivity index (χ4n) is 2.02. The van der Waals surface area contributed by atoms with Crippen molar-refractivity contribution in [2.75, 3.05) is 21.3 Å². The summed E-state index contributed by atoms with van der Waals surface area (Å²) in [5, 5.41) is 9.55. The van der Waals surface area contributed by atoms with E-state index in [2.05, 4.69) is 0 Å². The Balaban J connectivity index is 2.67. The van der Waals surface area contributed by atoms with Gasteiger partial charge in [0.05, 0.1) is 32.0 Å². The van der Waals surface area contributed by atoms with E-state index in [-0.39, 0.29) is 5.69 Å². The van der Waals surface area contributed by atoms with E-state index >= 15 is 0 Å². The van der Waals surface area contributed by atoms with Gasteiger partial charge in [0.1, 0.15) is 5.69 Å². The van der Waals surface area contributed by atoms with Crippen LogP contribution in [0.3, 0.4) is 0 Å². The van der Waals surface area contributed by atoms with Crippen molar-refractivity contribution in [3.05, 3.63) is 35.1 Å². The first-order chi connectivity index (χ1) is 10.0. The summed E-state index contributed by atoms with van der Waals surface area (Å²) in [5.74, 6) is 0.190. The van der Waals surface area contributed by atoms with Gasteiger partial charge in [-0.25, -0.2) is 4.79 Å². The number of methoxy groups -OCH3 is 3. The van der Waals surface area contributed by atoms with Gasteiger partial charge in [-0.2, -0.15) is 0 Å². The lowest BCUT2D eigenvalue weighted by Gasteiger charge is -2.15. The molecule has 0 aliphatic heterocycles. The van der Waals surface area contributed by atoms with E-state index in [1.807, 2.05) is 0 Å². The van der Waals surface area contributed by atoms with Crippen molar-refractivity contribution < 1.29 is 24.1 Å². The Morgan fingerprint density at radius 1 is 1.10 bits per heavy atom. The SMILES string of the molecule is COc1cc(-n2cc(Cl)cc2C(=O)O)cc(OC)c1OC. The van der Waals surface area contributed by atoms with E-state index in [4.69, 9.17) is 25.8 Å². The summed E-state index contributed by atoms with van der Waals surface area (Å²) in [7, 11) is 4.47. The number of benzene rings is 1. The smallest absolute Gasteiger partial charge is 0.352 e. The van der Waals surface area contributed by atoms with Gasteiger partial charge in [-0.15, -0.1) is 0 Å². The summed E-state index contributed by atoms with van der Waals surface area (Å²) in [6.45, 7) is 0. The van der Waals surface area contributed by atoms with E-state index < -0.39 is 5.97 Å². The number of ether oxygens (including phenoxy) is 3. The van der Waals surface area contributed by atoms with Gasteiger partial charge in [0, 0.05) is 18.3 Å². The molecule has 2 aromatic rings. The second kappa shape index (κ2) is 5.97. The van der Waals surface area contributed by atoms with Crippen LogP contribution in [-0.2, 0) is 0 Å². The van der Waals surface area contributed by atoms with Crippen molar-refractivity contribution in [2.24, 2.45) is 0 Å². The zero-order valence-corrected chi connectivity index (χ0v) is 12.5. The standard InChI is InChI=1S/C14H14ClNO5/c1-19-11-5-9(6-12(20-2)13(11)21-3)16-7-8(15)4-10(16)14(17)18/h4-7H,1-3H3,(H,17,18). The Morgan fingerprint density at radius 2 is 1.67 bits per heavy atom. The molecule has 6 nitrogen and oxygen atoms in total.